The first-order valence-electron chi connectivity index (χ1n) is 7.25. The van der Waals surface area contributed by atoms with Crippen LogP contribution in [0, 0.1) is 0 Å². The highest BCUT2D eigenvalue weighted by Crippen LogP contribution is 2.08. The predicted molar refractivity (Wildman–Crippen MR) is 71.9 cm³/mol. The van der Waals surface area contributed by atoms with Gasteiger partial charge in [-0.3, -0.25) is 0 Å². The Balaban J connectivity index is 1.87. The number of rotatable bonds is 9. The molecule has 1 heterocycles. The minimum absolute atomic E-state index is 0.769. The summed E-state index contributed by atoms with van der Waals surface area (Å²) in [6.07, 6.45) is 11.2. The van der Waals surface area contributed by atoms with Crippen LogP contribution in [0.2, 0.25) is 0 Å². The van der Waals surface area contributed by atoms with Gasteiger partial charge in [0.2, 0.25) is 0 Å². The summed E-state index contributed by atoms with van der Waals surface area (Å²) in [4.78, 5) is 2.50. The van der Waals surface area contributed by atoms with Crippen molar-refractivity contribution in [3.63, 3.8) is 0 Å². The number of unbranched alkanes of at least 4 members (excludes halogenated alkanes) is 5. The molecule has 1 atom stereocenters. The maximum Gasteiger partial charge on any atom is 0.0195 e. The van der Waals surface area contributed by atoms with Crippen LogP contribution in [0.5, 0.6) is 0 Å². The third kappa shape index (κ3) is 6.49. The van der Waals surface area contributed by atoms with Gasteiger partial charge in [-0.1, -0.05) is 39.0 Å². The van der Waals surface area contributed by atoms with Crippen LogP contribution in [-0.4, -0.2) is 37.6 Å². The molecule has 2 heteroatoms. The maximum absolute atomic E-state index is 3.56. The topological polar surface area (TPSA) is 15.3 Å². The fourth-order valence-corrected chi connectivity index (χ4v) is 2.54. The average Bonchev–Trinajstić information content (AvgIpc) is 2.76. The van der Waals surface area contributed by atoms with Gasteiger partial charge in [-0.15, -0.1) is 0 Å². The van der Waals surface area contributed by atoms with E-state index in [9.17, 15) is 0 Å². The lowest BCUT2D eigenvalue weighted by atomic mass is 10.1. The second-order valence-corrected chi connectivity index (χ2v) is 5.32. The van der Waals surface area contributed by atoms with Gasteiger partial charge in [-0.25, -0.2) is 0 Å². The molecule has 16 heavy (non-hydrogen) atoms. The van der Waals surface area contributed by atoms with E-state index >= 15 is 0 Å². The minimum atomic E-state index is 0.769. The van der Waals surface area contributed by atoms with Gasteiger partial charge >= 0.3 is 0 Å². The molecule has 1 N–H and O–H groups in total. The SMILES string of the molecule is CCCCCCCCN(C)CC1CCCN1. The Labute approximate surface area is 102 Å². The average molecular weight is 226 g/mol. The Kier molecular flexibility index (Phi) is 7.87. The molecule has 1 fully saturated rings. The number of nitrogens with one attached hydrogen (secondary N) is 1. The summed E-state index contributed by atoms with van der Waals surface area (Å²) in [6.45, 7) is 6.04. The molecule has 0 aliphatic carbocycles. The van der Waals surface area contributed by atoms with E-state index in [1.807, 2.05) is 0 Å². The maximum atomic E-state index is 3.56. The highest BCUT2D eigenvalue weighted by molar-refractivity contribution is 4.76. The van der Waals surface area contributed by atoms with Crippen LogP contribution < -0.4 is 5.32 Å². The molecule has 1 saturated heterocycles. The van der Waals surface area contributed by atoms with E-state index in [-0.39, 0.29) is 0 Å². The van der Waals surface area contributed by atoms with Crippen molar-refractivity contribution >= 4 is 0 Å². The first-order chi connectivity index (χ1) is 7.83. The quantitative estimate of drug-likeness (QED) is 0.608. The zero-order chi connectivity index (χ0) is 11.6. The van der Waals surface area contributed by atoms with E-state index in [4.69, 9.17) is 0 Å². The van der Waals surface area contributed by atoms with Crippen molar-refractivity contribution in [3.8, 4) is 0 Å². The second kappa shape index (κ2) is 9.00. The Hall–Kier alpha value is -0.0800. The van der Waals surface area contributed by atoms with Crippen molar-refractivity contribution in [1.29, 1.82) is 0 Å². The molecule has 1 rings (SSSR count). The molecule has 96 valence electrons. The second-order valence-electron chi connectivity index (χ2n) is 5.32. The molecule has 0 aromatic rings. The number of hydrogen-bond donors (Lipinski definition) is 1. The smallest absolute Gasteiger partial charge is 0.0195 e. The number of likely N-dealkylation sites (N-methyl/N-ethyl adjacent to an activating group) is 1. The number of nitrogens with zero attached hydrogens (tertiary/aromatic N) is 1. The third-order valence-corrected chi connectivity index (χ3v) is 3.59. The predicted octanol–water partition coefficient (Wildman–Crippen LogP) is 3.03. The molecule has 2 nitrogen and oxygen atoms in total. The van der Waals surface area contributed by atoms with Crippen LogP contribution in [0.1, 0.15) is 58.3 Å². The van der Waals surface area contributed by atoms with Crippen LogP contribution >= 0.6 is 0 Å². The van der Waals surface area contributed by atoms with Crippen molar-refractivity contribution in [2.24, 2.45) is 0 Å². The largest absolute Gasteiger partial charge is 0.313 e. The van der Waals surface area contributed by atoms with E-state index in [0.29, 0.717) is 0 Å². The van der Waals surface area contributed by atoms with Crippen molar-refractivity contribution in [3.05, 3.63) is 0 Å². The van der Waals surface area contributed by atoms with Crippen molar-refractivity contribution in [2.45, 2.75) is 64.3 Å². The van der Waals surface area contributed by atoms with E-state index in [0.717, 1.165) is 6.04 Å². The van der Waals surface area contributed by atoms with Gasteiger partial charge in [-0.2, -0.15) is 0 Å². The van der Waals surface area contributed by atoms with Crippen LogP contribution in [0.25, 0.3) is 0 Å². The Morgan fingerprint density at radius 3 is 2.56 bits per heavy atom. The summed E-state index contributed by atoms with van der Waals surface area (Å²) in [6, 6.07) is 0.769. The van der Waals surface area contributed by atoms with E-state index < -0.39 is 0 Å². The van der Waals surface area contributed by atoms with Gasteiger partial charge < -0.3 is 10.2 Å². The lowest BCUT2D eigenvalue weighted by molar-refractivity contribution is 0.293. The molecule has 1 unspecified atom stereocenters. The first kappa shape index (κ1) is 14.0. The summed E-state index contributed by atoms with van der Waals surface area (Å²) in [5, 5.41) is 3.56. The fourth-order valence-electron chi connectivity index (χ4n) is 2.54. The Bertz CT molecular complexity index is 153. The molecular weight excluding hydrogens is 196 g/mol. The van der Waals surface area contributed by atoms with Crippen LogP contribution in [-0.2, 0) is 0 Å². The number of hydrogen-bond acceptors (Lipinski definition) is 2. The van der Waals surface area contributed by atoms with Crippen LogP contribution in [0.3, 0.4) is 0 Å². The molecule has 0 amide bonds. The summed E-state index contributed by atoms with van der Waals surface area (Å²) in [5.41, 5.74) is 0. The van der Waals surface area contributed by atoms with Gasteiger partial charge in [0, 0.05) is 12.6 Å². The molecule has 1 aliphatic rings. The van der Waals surface area contributed by atoms with Crippen LogP contribution in [0.4, 0.5) is 0 Å². The van der Waals surface area contributed by atoms with Gasteiger partial charge in [0.15, 0.2) is 0 Å². The van der Waals surface area contributed by atoms with Gasteiger partial charge in [-0.05, 0) is 39.4 Å². The van der Waals surface area contributed by atoms with E-state index in [1.165, 1.54) is 71.0 Å². The standard InChI is InChI=1S/C14H30N2/c1-3-4-5-6-7-8-12-16(2)13-14-10-9-11-15-14/h14-15H,3-13H2,1-2H3. The van der Waals surface area contributed by atoms with Crippen molar-refractivity contribution in [2.75, 3.05) is 26.7 Å². The first-order valence-corrected chi connectivity index (χ1v) is 7.25. The summed E-state index contributed by atoms with van der Waals surface area (Å²) in [5.74, 6) is 0. The molecule has 0 radical (unpaired) electrons. The molecule has 0 spiro atoms. The summed E-state index contributed by atoms with van der Waals surface area (Å²) >= 11 is 0. The normalized spacial score (nSPS) is 20.8. The van der Waals surface area contributed by atoms with Gasteiger partial charge in [0.05, 0.1) is 0 Å². The monoisotopic (exact) mass is 226 g/mol. The minimum Gasteiger partial charge on any atom is -0.313 e. The summed E-state index contributed by atoms with van der Waals surface area (Å²) in [7, 11) is 2.27. The van der Waals surface area contributed by atoms with Crippen LogP contribution in [0.15, 0.2) is 0 Å². The molecule has 0 aromatic heterocycles. The highest BCUT2D eigenvalue weighted by atomic mass is 15.1. The highest BCUT2D eigenvalue weighted by Gasteiger charge is 2.15. The van der Waals surface area contributed by atoms with Gasteiger partial charge in [0.1, 0.15) is 0 Å². The molecular formula is C14H30N2. The summed E-state index contributed by atoms with van der Waals surface area (Å²) < 4.78 is 0. The zero-order valence-corrected chi connectivity index (χ0v) is 11.3. The van der Waals surface area contributed by atoms with E-state index in [2.05, 4.69) is 24.2 Å². The van der Waals surface area contributed by atoms with Crippen molar-refractivity contribution in [1.82, 2.24) is 10.2 Å². The molecule has 0 saturated carbocycles. The third-order valence-electron chi connectivity index (χ3n) is 3.59. The zero-order valence-electron chi connectivity index (χ0n) is 11.3. The Morgan fingerprint density at radius 1 is 1.12 bits per heavy atom. The molecule has 0 bridgehead atoms. The fraction of sp³-hybridized carbons (Fsp3) is 1.00. The lowest BCUT2D eigenvalue weighted by Gasteiger charge is -2.20. The van der Waals surface area contributed by atoms with Gasteiger partial charge in [0.25, 0.3) is 0 Å². The molecule has 0 aromatic carbocycles. The molecule has 1 aliphatic heterocycles. The van der Waals surface area contributed by atoms with Crippen molar-refractivity contribution < 1.29 is 0 Å². The van der Waals surface area contributed by atoms with E-state index in [1.54, 1.807) is 0 Å². The lowest BCUT2D eigenvalue weighted by Crippen LogP contribution is -2.35. The Morgan fingerprint density at radius 2 is 1.88 bits per heavy atom.